The molecule has 4 aliphatic rings. The van der Waals surface area contributed by atoms with Crippen LogP contribution in [0, 0.1) is 39.7 Å². The van der Waals surface area contributed by atoms with Crippen molar-refractivity contribution in [2.75, 3.05) is 4.90 Å². The zero-order chi connectivity index (χ0) is 30.3. The SMILES string of the molecule is O=C1C2C3CC(C2C(=O)N1c1ccc([N+](=O)[O-])cc1)C1C3Sc2[nH]c(=O)sc2[C@@H]1c1cc(Br)ccc1OCc1ccccc1. The normalized spacial score (nSPS) is 28.1. The quantitative estimate of drug-likeness (QED) is 0.142. The number of thioether (sulfide) groups is 1. The number of halogens is 1. The van der Waals surface area contributed by atoms with Gasteiger partial charge in [0.2, 0.25) is 11.8 Å². The predicted molar refractivity (Wildman–Crippen MR) is 169 cm³/mol. The number of carbonyl (C=O) groups is 2. The van der Waals surface area contributed by atoms with Crippen molar-refractivity contribution in [1.29, 1.82) is 0 Å². The number of hydrogen-bond donors (Lipinski definition) is 1. The van der Waals surface area contributed by atoms with Crippen molar-refractivity contribution in [3.8, 4) is 5.75 Å². The number of imide groups is 1. The summed E-state index contributed by atoms with van der Waals surface area (Å²) >= 11 is 6.49. The molecule has 9 nitrogen and oxygen atoms in total. The van der Waals surface area contributed by atoms with Crippen LogP contribution < -0.4 is 14.5 Å². The number of rotatable bonds is 6. The summed E-state index contributed by atoms with van der Waals surface area (Å²) in [5.41, 5.74) is 2.25. The number of benzene rings is 3. The number of nitro groups is 1. The molecule has 44 heavy (non-hydrogen) atoms. The average molecular weight is 691 g/mol. The Morgan fingerprint density at radius 2 is 1.70 bits per heavy atom. The molecule has 2 aliphatic carbocycles. The molecule has 2 saturated carbocycles. The minimum atomic E-state index is -0.503. The highest BCUT2D eigenvalue weighted by Gasteiger charge is 2.69. The Morgan fingerprint density at radius 3 is 2.43 bits per heavy atom. The van der Waals surface area contributed by atoms with Gasteiger partial charge in [0, 0.05) is 38.2 Å². The first-order valence-corrected chi connectivity index (χ1v) is 16.8. The number of fused-ring (bicyclic) bond motifs is 9. The second kappa shape index (κ2) is 10.4. The van der Waals surface area contributed by atoms with Crippen molar-refractivity contribution in [2.24, 2.45) is 29.6 Å². The number of nitro benzene ring substituents is 1. The number of carbonyl (C=O) groups excluding carboxylic acids is 2. The first kappa shape index (κ1) is 27.8. The summed E-state index contributed by atoms with van der Waals surface area (Å²) in [7, 11) is 0. The van der Waals surface area contributed by atoms with Crippen molar-refractivity contribution in [3.05, 3.63) is 113 Å². The Labute approximate surface area is 267 Å². The predicted octanol–water partition coefficient (Wildman–Crippen LogP) is 6.36. The van der Waals surface area contributed by atoms with Crippen molar-refractivity contribution in [2.45, 2.75) is 29.2 Å². The Bertz CT molecular complexity index is 1890. The molecule has 0 radical (unpaired) electrons. The molecular formula is C32H24BrN3O6S2. The number of nitrogens with zero attached hydrogens (tertiary/aromatic N) is 2. The van der Waals surface area contributed by atoms with Crippen LogP contribution in [0.15, 0.2) is 87.1 Å². The Morgan fingerprint density at radius 1 is 0.977 bits per heavy atom. The van der Waals surface area contributed by atoms with E-state index in [0.717, 1.165) is 37.7 Å². The number of nitrogens with one attached hydrogen (secondary N) is 1. The molecule has 3 heterocycles. The van der Waals surface area contributed by atoms with Gasteiger partial charge in [0.25, 0.3) is 5.69 Å². The van der Waals surface area contributed by atoms with Gasteiger partial charge >= 0.3 is 4.87 Å². The second-order valence-electron chi connectivity index (χ2n) is 11.7. The summed E-state index contributed by atoms with van der Waals surface area (Å²) in [6, 6.07) is 21.5. The zero-order valence-corrected chi connectivity index (χ0v) is 26.1. The van der Waals surface area contributed by atoms with Crippen LogP contribution >= 0.6 is 39.0 Å². The van der Waals surface area contributed by atoms with Crippen molar-refractivity contribution >= 4 is 62.2 Å². The van der Waals surface area contributed by atoms with E-state index in [1.54, 1.807) is 11.8 Å². The first-order valence-electron chi connectivity index (χ1n) is 14.3. The lowest BCUT2D eigenvalue weighted by atomic mass is 9.68. The van der Waals surface area contributed by atoms with Gasteiger partial charge in [0.15, 0.2) is 0 Å². The Hall–Kier alpha value is -3.74. The van der Waals surface area contributed by atoms with E-state index in [0.29, 0.717) is 12.3 Å². The lowest BCUT2D eigenvalue weighted by Crippen LogP contribution is -2.42. The van der Waals surface area contributed by atoms with Crippen molar-refractivity contribution < 1.29 is 19.2 Å². The van der Waals surface area contributed by atoms with Crippen LogP contribution in [-0.4, -0.2) is 27.0 Å². The monoisotopic (exact) mass is 689 g/mol. The van der Waals surface area contributed by atoms with Crippen LogP contribution in [0.3, 0.4) is 0 Å². The summed E-state index contributed by atoms with van der Waals surface area (Å²) < 4.78 is 7.30. The molecule has 4 aromatic rings. The zero-order valence-electron chi connectivity index (χ0n) is 22.9. The minimum Gasteiger partial charge on any atom is -0.489 e. The van der Waals surface area contributed by atoms with E-state index >= 15 is 0 Å². The first-order chi connectivity index (χ1) is 21.3. The molecule has 0 spiro atoms. The number of hydrogen-bond acceptors (Lipinski definition) is 8. The molecule has 2 bridgehead atoms. The molecule has 1 aromatic heterocycles. The number of H-pyrrole nitrogens is 1. The van der Waals surface area contributed by atoms with Gasteiger partial charge in [-0.25, -0.2) is 0 Å². The van der Waals surface area contributed by atoms with Gasteiger partial charge in [-0.05, 0) is 60.1 Å². The Balaban J connectivity index is 1.19. The number of ether oxygens (including phenoxy) is 1. The van der Waals surface area contributed by atoms with Gasteiger partial charge < -0.3 is 9.72 Å². The highest BCUT2D eigenvalue weighted by Crippen LogP contribution is 2.69. The van der Waals surface area contributed by atoms with Crippen LogP contribution in [0.1, 0.15) is 28.3 Å². The van der Waals surface area contributed by atoms with Crippen LogP contribution in [0.2, 0.25) is 0 Å². The summed E-state index contributed by atoms with van der Waals surface area (Å²) in [5, 5.41) is 12.0. The van der Waals surface area contributed by atoms with Gasteiger partial charge in [0.1, 0.15) is 12.4 Å². The van der Waals surface area contributed by atoms with E-state index in [1.807, 2.05) is 42.5 Å². The molecule has 6 unspecified atom stereocenters. The molecule has 7 atom stereocenters. The number of aromatic amines is 1. The number of non-ortho nitro benzene ring substituents is 1. The third-order valence-electron chi connectivity index (χ3n) is 9.59. The van der Waals surface area contributed by atoms with Gasteiger partial charge in [0.05, 0.1) is 27.5 Å². The van der Waals surface area contributed by atoms with E-state index in [-0.39, 0.29) is 51.3 Å². The van der Waals surface area contributed by atoms with Crippen molar-refractivity contribution in [1.82, 2.24) is 4.98 Å². The van der Waals surface area contributed by atoms with Gasteiger partial charge in [-0.2, -0.15) is 0 Å². The van der Waals surface area contributed by atoms with Crippen LogP contribution in [0.4, 0.5) is 11.4 Å². The maximum atomic E-state index is 14.0. The highest BCUT2D eigenvalue weighted by molar-refractivity contribution is 9.10. The summed E-state index contributed by atoms with van der Waals surface area (Å²) in [5.74, 6) is -1.01. The van der Waals surface area contributed by atoms with Gasteiger partial charge in [-0.3, -0.25) is 29.4 Å². The topological polar surface area (TPSA) is 123 Å². The lowest BCUT2D eigenvalue weighted by molar-refractivity contribution is -0.384. The number of anilines is 1. The molecule has 2 aliphatic heterocycles. The number of amides is 2. The third-order valence-corrected chi connectivity index (χ3v) is 12.7. The van der Waals surface area contributed by atoms with Crippen LogP contribution in [-0.2, 0) is 16.2 Å². The third kappa shape index (κ3) is 4.21. The minimum absolute atomic E-state index is 0.00661. The molecular weight excluding hydrogens is 666 g/mol. The van der Waals surface area contributed by atoms with Crippen LogP contribution in [0.25, 0.3) is 0 Å². The smallest absolute Gasteiger partial charge is 0.305 e. The fourth-order valence-electron chi connectivity index (χ4n) is 7.97. The molecule has 1 N–H and O–H groups in total. The second-order valence-corrected chi connectivity index (χ2v) is 14.8. The molecule has 222 valence electrons. The molecule has 3 fully saturated rings. The van der Waals surface area contributed by atoms with Gasteiger partial charge in [-0.1, -0.05) is 57.6 Å². The fraction of sp³-hybridized carbons (Fsp3) is 0.281. The molecule has 12 heteroatoms. The van der Waals surface area contributed by atoms with E-state index in [9.17, 15) is 24.5 Å². The summed E-state index contributed by atoms with van der Waals surface area (Å²) in [4.78, 5) is 56.4. The standard InChI is InChI=1S/C32H24BrN3O6S2/c33-16-6-11-22(42-14-15-4-2-1-3-5-15)19(12-16)23-24-20-13-21(27(24)43-29-28(23)44-32(39)34-29)26-25(20)30(37)35(31(26)38)17-7-9-18(10-8-17)36(40)41/h1-12,20-21,23-27H,13-14H2,(H,34,39)/t20?,21?,23-,24?,25?,26?,27?/m1/s1. The number of thiazole rings is 1. The van der Waals surface area contributed by atoms with Gasteiger partial charge in [-0.15, -0.1) is 11.8 Å². The molecule has 3 aromatic carbocycles. The molecule has 8 rings (SSSR count). The largest absolute Gasteiger partial charge is 0.489 e. The average Bonchev–Trinajstić information content (AvgIpc) is 3.76. The Kier molecular flexibility index (Phi) is 6.58. The van der Waals surface area contributed by atoms with E-state index in [4.69, 9.17) is 4.74 Å². The summed E-state index contributed by atoms with van der Waals surface area (Å²) in [6.07, 6.45) is 0.757. The molecule has 2 amide bonds. The van der Waals surface area contributed by atoms with E-state index < -0.39 is 16.8 Å². The molecule has 1 saturated heterocycles. The van der Waals surface area contributed by atoms with E-state index in [2.05, 4.69) is 27.0 Å². The van der Waals surface area contributed by atoms with Crippen LogP contribution in [0.5, 0.6) is 5.75 Å². The lowest BCUT2D eigenvalue weighted by Gasteiger charge is -2.43. The highest BCUT2D eigenvalue weighted by atomic mass is 79.9. The summed E-state index contributed by atoms with van der Waals surface area (Å²) in [6.45, 7) is 0.384. The fourth-order valence-corrected chi connectivity index (χ4v) is 11.2. The van der Waals surface area contributed by atoms with E-state index in [1.165, 1.54) is 40.5 Å². The number of aromatic nitrogens is 1. The maximum absolute atomic E-state index is 14.0. The maximum Gasteiger partial charge on any atom is 0.305 e. The van der Waals surface area contributed by atoms with Crippen molar-refractivity contribution in [3.63, 3.8) is 0 Å².